The SMILES string of the molecule is Brc1ccc2c(c1)OCCCC2NCCc1cccs1. The molecule has 0 radical (unpaired) electrons. The molecule has 0 saturated heterocycles. The molecule has 1 aromatic heterocycles. The minimum absolute atomic E-state index is 0.403. The molecular formula is C16H18BrNOS. The van der Waals surface area contributed by atoms with E-state index >= 15 is 0 Å². The lowest BCUT2D eigenvalue weighted by molar-refractivity contribution is 0.315. The summed E-state index contributed by atoms with van der Waals surface area (Å²) in [7, 11) is 0. The van der Waals surface area contributed by atoms with Gasteiger partial charge in [0.1, 0.15) is 5.75 Å². The Morgan fingerprint density at radius 2 is 2.30 bits per heavy atom. The van der Waals surface area contributed by atoms with E-state index in [9.17, 15) is 0 Å². The van der Waals surface area contributed by atoms with E-state index < -0.39 is 0 Å². The van der Waals surface area contributed by atoms with Gasteiger partial charge < -0.3 is 10.1 Å². The van der Waals surface area contributed by atoms with E-state index in [4.69, 9.17) is 4.74 Å². The minimum Gasteiger partial charge on any atom is -0.493 e. The third kappa shape index (κ3) is 3.43. The Hall–Kier alpha value is -0.840. The van der Waals surface area contributed by atoms with Gasteiger partial charge in [0.25, 0.3) is 0 Å². The molecule has 0 spiro atoms. The molecule has 0 aliphatic carbocycles. The second kappa shape index (κ2) is 6.74. The molecule has 1 atom stereocenters. The summed E-state index contributed by atoms with van der Waals surface area (Å²) in [6.45, 7) is 1.83. The van der Waals surface area contributed by atoms with Gasteiger partial charge >= 0.3 is 0 Å². The predicted octanol–water partition coefficient (Wildman–Crippen LogP) is 4.56. The van der Waals surface area contributed by atoms with Crippen molar-refractivity contribution in [3.8, 4) is 5.75 Å². The summed E-state index contributed by atoms with van der Waals surface area (Å²) in [4.78, 5) is 1.44. The third-order valence-electron chi connectivity index (χ3n) is 3.59. The third-order valence-corrected chi connectivity index (χ3v) is 5.02. The number of halogens is 1. The molecule has 1 aromatic carbocycles. The lowest BCUT2D eigenvalue weighted by Crippen LogP contribution is -2.23. The van der Waals surface area contributed by atoms with Gasteiger partial charge in [0.15, 0.2) is 0 Å². The number of thiophene rings is 1. The Labute approximate surface area is 132 Å². The van der Waals surface area contributed by atoms with E-state index in [-0.39, 0.29) is 0 Å². The maximum Gasteiger partial charge on any atom is 0.125 e. The van der Waals surface area contributed by atoms with Crippen LogP contribution in [-0.4, -0.2) is 13.2 Å². The fraction of sp³-hybridized carbons (Fsp3) is 0.375. The van der Waals surface area contributed by atoms with Gasteiger partial charge in [-0.2, -0.15) is 0 Å². The fourth-order valence-electron chi connectivity index (χ4n) is 2.58. The summed E-state index contributed by atoms with van der Waals surface area (Å²) in [5, 5.41) is 5.83. The molecule has 1 N–H and O–H groups in total. The van der Waals surface area contributed by atoms with Crippen LogP contribution in [0.15, 0.2) is 40.2 Å². The Morgan fingerprint density at radius 3 is 3.15 bits per heavy atom. The van der Waals surface area contributed by atoms with Gasteiger partial charge in [0.05, 0.1) is 6.61 Å². The van der Waals surface area contributed by atoms with Crippen LogP contribution in [0.3, 0.4) is 0 Å². The molecular weight excluding hydrogens is 334 g/mol. The van der Waals surface area contributed by atoms with Gasteiger partial charge in [0.2, 0.25) is 0 Å². The second-order valence-corrected chi connectivity index (χ2v) is 6.96. The first-order chi connectivity index (χ1) is 9.83. The van der Waals surface area contributed by atoms with Crippen LogP contribution in [0.1, 0.15) is 29.3 Å². The summed E-state index contributed by atoms with van der Waals surface area (Å²) in [6, 6.07) is 11.1. The van der Waals surface area contributed by atoms with Gasteiger partial charge in [-0.05, 0) is 42.8 Å². The van der Waals surface area contributed by atoms with E-state index in [0.29, 0.717) is 6.04 Å². The van der Waals surface area contributed by atoms with Gasteiger partial charge in [-0.3, -0.25) is 0 Å². The Balaban J connectivity index is 1.67. The number of hydrogen-bond donors (Lipinski definition) is 1. The van der Waals surface area contributed by atoms with Crippen LogP contribution in [0.4, 0.5) is 0 Å². The summed E-state index contributed by atoms with van der Waals surface area (Å²) in [5.74, 6) is 1.02. The molecule has 3 rings (SSSR count). The maximum absolute atomic E-state index is 5.84. The Kier molecular flexibility index (Phi) is 4.76. The van der Waals surface area contributed by atoms with Crippen molar-refractivity contribution in [1.29, 1.82) is 0 Å². The smallest absolute Gasteiger partial charge is 0.125 e. The summed E-state index contributed by atoms with van der Waals surface area (Å²) in [5.41, 5.74) is 1.29. The monoisotopic (exact) mass is 351 g/mol. The maximum atomic E-state index is 5.84. The normalized spacial score (nSPS) is 18.1. The largest absolute Gasteiger partial charge is 0.493 e. The van der Waals surface area contributed by atoms with Crippen molar-refractivity contribution in [2.24, 2.45) is 0 Å². The van der Waals surface area contributed by atoms with Crippen LogP contribution >= 0.6 is 27.3 Å². The molecule has 1 aliphatic rings. The average Bonchev–Trinajstić information content (AvgIpc) is 2.87. The number of rotatable bonds is 4. The molecule has 1 unspecified atom stereocenters. The van der Waals surface area contributed by atoms with Crippen molar-refractivity contribution in [1.82, 2.24) is 5.32 Å². The summed E-state index contributed by atoms with van der Waals surface area (Å²) < 4.78 is 6.92. The Morgan fingerprint density at radius 1 is 1.35 bits per heavy atom. The van der Waals surface area contributed by atoms with Gasteiger partial charge in [-0.15, -0.1) is 11.3 Å². The zero-order chi connectivity index (χ0) is 13.8. The minimum atomic E-state index is 0.403. The average molecular weight is 352 g/mol. The molecule has 106 valence electrons. The van der Waals surface area contributed by atoms with Crippen LogP contribution in [0.25, 0.3) is 0 Å². The topological polar surface area (TPSA) is 21.3 Å². The van der Waals surface area contributed by atoms with Gasteiger partial charge in [-0.25, -0.2) is 0 Å². The standard InChI is InChI=1S/C16H18BrNOS/c17-12-5-6-14-15(4-1-9-19-16(14)11-12)18-8-7-13-3-2-10-20-13/h2-3,5-6,10-11,15,18H,1,4,7-9H2. The second-order valence-electron chi connectivity index (χ2n) is 5.01. The van der Waals surface area contributed by atoms with Crippen LogP contribution < -0.4 is 10.1 Å². The Bertz CT molecular complexity index is 556. The molecule has 0 saturated carbocycles. The van der Waals surface area contributed by atoms with Crippen LogP contribution in [-0.2, 0) is 6.42 Å². The number of ether oxygens (including phenoxy) is 1. The van der Waals surface area contributed by atoms with E-state index in [0.717, 1.165) is 42.6 Å². The van der Waals surface area contributed by atoms with E-state index in [2.05, 4.69) is 57.0 Å². The zero-order valence-electron chi connectivity index (χ0n) is 11.3. The number of benzene rings is 1. The van der Waals surface area contributed by atoms with Crippen molar-refractivity contribution >= 4 is 27.3 Å². The molecule has 2 nitrogen and oxygen atoms in total. The van der Waals surface area contributed by atoms with E-state index in [1.807, 2.05) is 11.3 Å². The van der Waals surface area contributed by atoms with Crippen LogP contribution in [0.5, 0.6) is 5.75 Å². The molecule has 1 aliphatic heterocycles. The summed E-state index contributed by atoms with van der Waals surface area (Å²) in [6.07, 6.45) is 3.34. The molecule has 2 aromatic rings. The van der Waals surface area contributed by atoms with Crippen molar-refractivity contribution in [3.63, 3.8) is 0 Å². The fourth-order valence-corrected chi connectivity index (χ4v) is 3.63. The molecule has 0 amide bonds. The van der Waals surface area contributed by atoms with Crippen LogP contribution in [0.2, 0.25) is 0 Å². The molecule has 0 fully saturated rings. The first-order valence-corrected chi connectivity index (χ1v) is 8.68. The van der Waals surface area contributed by atoms with Crippen molar-refractivity contribution in [2.45, 2.75) is 25.3 Å². The highest BCUT2D eigenvalue weighted by atomic mass is 79.9. The number of hydrogen-bond acceptors (Lipinski definition) is 3. The lowest BCUT2D eigenvalue weighted by Gasteiger charge is -2.18. The quantitative estimate of drug-likeness (QED) is 0.871. The van der Waals surface area contributed by atoms with Crippen molar-refractivity contribution in [3.05, 3.63) is 50.6 Å². The summed E-state index contributed by atoms with van der Waals surface area (Å²) >= 11 is 5.35. The highest BCUT2D eigenvalue weighted by Gasteiger charge is 2.19. The van der Waals surface area contributed by atoms with E-state index in [1.54, 1.807) is 0 Å². The first-order valence-electron chi connectivity index (χ1n) is 7.01. The zero-order valence-corrected chi connectivity index (χ0v) is 13.7. The van der Waals surface area contributed by atoms with Gasteiger partial charge in [-0.1, -0.05) is 28.1 Å². The van der Waals surface area contributed by atoms with Crippen LogP contribution in [0, 0.1) is 0 Å². The molecule has 0 bridgehead atoms. The highest BCUT2D eigenvalue weighted by Crippen LogP contribution is 2.33. The van der Waals surface area contributed by atoms with Crippen molar-refractivity contribution < 1.29 is 4.74 Å². The number of nitrogens with one attached hydrogen (secondary N) is 1. The number of fused-ring (bicyclic) bond motifs is 1. The molecule has 20 heavy (non-hydrogen) atoms. The first kappa shape index (κ1) is 14.1. The predicted molar refractivity (Wildman–Crippen MR) is 87.6 cm³/mol. The lowest BCUT2D eigenvalue weighted by atomic mass is 10.0. The van der Waals surface area contributed by atoms with E-state index in [1.165, 1.54) is 10.4 Å². The molecule has 2 heterocycles. The van der Waals surface area contributed by atoms with Crippen molar-refractivity contribution in [2.75, 3.05) is 13.2 Å². The van der Waals surface area contributed by atoms with Gasteiger partial charge in [0, 0.05) is 27.5 Å². The molecule has 4 heteroatoms. The highest BCUT2D eigenvalue weighted by molar-refractivity contribution is 9.10.